The zero-order chi connectivity index (χ0) is 17.7. The van der Waals surface area contributed by atoms with E-state index in [1.165, 1.54) is 25.6 Å². The molecule has 1 aromatic heterocycles. The third kappa shape index (κ3) is 4.42. The molecule has 126 valence electrons. The number of anilines is 2. The third-order valence-electron chi connectivity index (χ3n) is 2.97. The maximum atomic E-state index is 11.8. The maximum Gasteiger partial charge on any atom is 0.337 e. The first-order valence-electron chi connectivity index (χ1n) is 7.18. The molecular weight excluding hydrogens is 332 g/mol. The van der Waals surface area contributed by atoms with Gasteiger partial charge in [0.05, 0.1) is 28.9 Å². The summed E-state index contributed by atoms with van der Waals surface area (Å²) in [6.45, 7) is 3.73. The minimum Gasteiger partial charge on any atom is -0.465 e. The quantitative estimate of drug-likeness (QED) is 0.807. The van der Waals surface area contributed by atoms with Gasteiger partial charge >= 0.3 is 5.97 Å². The normalized spacial score (nSPS) is 10.4. The smallest absolute Gasteiger partial charge is 0.337 e. The molecule has 0 saturated heterocycles. The molecule has 0 spiro atoms. The van der Waals surface area contributed by atoms with Crippen LogP contribution in [0.15, 0.2) is 30.6 Å². The van der Waals surface area contributed by atoms with Gasteiger partial charge in [0.2, 0.25) is 5.95 Å². The fraction of sp³-hybridized carbons (Fsp3) is 0.250. The molecule has 1 heterocycles. The Morgan fingerprint density at radius 2 is 1.83 bits per heavy atom. The number of nitrogens with one attached hydrogen (secondary N) is 2. The van der Waals surface area contributed by atoms with Crippen LogP contribution in [0.1, 0.15) is 34.6 Å². The van der Waals surface area contributed by atoms with Gasteiger partial charge in [0, 0.05) is 18.4 Å². The molecule has 24 heavy (non-hydrogen) atoms. The number of aromatic nitrogens is 2. The molecule has 0 radical (unpaired) electrons. The Balaban J connectivity index is 2.17. The van der Waals surface area contributed by atoms with Crippen LogP contribution in [-0.2, 0) is 4.74 Å². The molecule has 2 aromatic rings. The molecule has 0 fully saturated rings. The van der Waals surface area contributed by atoms with Gasteiger partial charge in [0.1, 0.15) is 0 Å². The van der Waals surface area contributed by atoms with Gasteiger partial charge in [-0.3, -0.25) is 4.79 Å². The molecular formula is C16H17ClN4O3. The van der Waals surface area contributed by atoms with Crippen LogP contribution < -0.4 is 10.6 Å². The second-order valence-electron chi connectivity index (χ2n) is 5.23. The van der Waals surface area contributed by atoms with Gasteiger partial charge in [-0.2, -0.15) is 0 Å². The first-order valence-corrected chi connectivity index (χ1v) is 7.56. The number of ether oxygens (including phenoxy) is 1. The average Bonchev–Trinajstić information content (AvgIpc) is 2.56. The Bertz CT molecular complexity index is 747. The highest BCUT2D eigenvalue weighted by molar-refractivity contribution is 6.33. The van der Waals surface area contributed by atoms with E-state index in [1.807, 2.05) is 13.8 Å². The Kier molecular flexibility index (Phi) is 5.70. The molecule has 0 saturated carbocycles. The van der Waals surface area contributed by atoms with Crippen molar-refractivity contribution in [3.63, 3.8) is 0 Å². The second kappa shape index (κ2) is 7.74. The molecule has 2 N–H and O–H groups in total. The molecule has 0 atom stereocenters. The summed E-state index contributed by atoms with van der Waals surface area (Å²) in [4.78, 5) is 31.6. The third-order valence-corrected chi connectivity index (χ3v) is 3.30. The van der Waals surface area contributed by atoms with E-state index in [2.05, 4.69) is 25.3 Å². The molecule has 0 aliphatic rings. The van der Waals surface area contributed by atoms with Crippen molar-refractivity contribution in [2.75, 3.05) is 12.4 Å². The van der Waals surface area contributed by atoms with Crippen LogP contribution in [0.2, 0.25) is 5.02 Å². The van der Waals surface area contributed by atoms with Crippen LogP contribution in [0.5, 0.6) is 0 Å². The second-order valence-corrected chi connectivity index (χ2v) is 5.64. The van der Waals surface area contributed by atoms with Crippen molar-refractivity contribution in [2.45, 2.75) is 19.9 Å². The number of carbonyl (C=O) groups excluding carboxylic acids is 2. The Morgan fingerprint density at radius 1 is 1.17 bits per heavy atom. The van der Waals surface area contributed by atoms with Crippen molar-refractivity contribution in [3.05, 3.63) is 46.7 Å². The summed E-state index contributed by atoms with van der Waals surface area (Å²) in [6.07, 6.45) is 2.82. The number of hydrogen-bond donors (Lipinski definition) is 2. The standard InChI is InChI=1S/C16H17ClN4O3/c1-9(2)20-14(22)11-7-18-16(19-8-11)21-13-6-10(15(23)24-3)4-5-12(13)17/h4-9H,1-3H3,(H,20,22)(H,18,19,21). The first kappa shape index (κ1) is 17.7. The topological polar surface area (TPSA) is 93.2 Å². The van der Waals surface area contributed by atoms with Crippen molar-refractivity contribution < 1.29 is 14.3 Å². The van der Waals surface area contributed by atoms with E-state index in [9.17, 15) is 9.59 Å². The lowest BCUT2D eigenvalue weighted by Crippen LogP contribution is -2.30. The monoisotopic (exact) mass is 348 g/mol. The van der Waals surface area contributed by atoms with Gasteiger partial charge in [-0.25, -0.2) is 14.8 Å². The van der Waals surface area contributed by atoms with Crippen molar-refractivity contribution in [1.29, 1.82) is 0 Å². The highest BCUT2D eigenvalue weighted by Crippen LogP contribution is 2.25. The minimum atomic E-state index is -0.476. The predicted molar refractivity (Wildman–Crippen MR) is 90.7 cm³/mol. The molecule has 1 aromatic carbocycles. The van der Waals surface area contributed by atoms with Gasteiger partial charge in [-0.15, -0.1) is 0 Å². The fourth-order valence-corrected chi connectivity index (χ4v) is 2.01. The van der Waals surface area contributed by atoms with E-state index in [0.29, 0.717) is 21.8 Å². The van der Waals surface area contributed by atoms with Crippen molar-refractivity contribution >= 4 is 35.1 Å². The Morgan fingerprint density at radius 3 is 2.42 bits per heavy atom. The average molecular weight is 349 g/mol. The van der Waals surface area contributed by atoms with Crippen molar-refractivity contribution in [3.8, 4) is 0 Å². The molecule has 7 nitrogen and oxygen atoms in total. The van der Waals surface area contributed by atoms with Crippen LogP contribution in [0, 0.1) is 0 Å². The number of esters is 1. The molecule has 0 bridgehead atoms. The van der Waals surface area contributed by atoms with Crippen LogP contribution in [0.4, 0.5) is 11.6 Å². The summed E-state index contributed by atoms with van der Waals surface area (Å²) < 4.78 is 4.67. The van der Waals surface area contributed by atoms with Crippen LogP contribution in [0.25, 0.3) is 0 Å². The van der Waals surface area contributed by atoms with E-state index >= 15 is 0 Å². The van der Waals surface area contributed by atoms with E-state index in [-0.39, 0.29) is 17.9 Å². The maximum absolute atomic E-state index is 11.8. The molecule has 2 rings (SSSR count). The number of benzene rings is 1. The molecule has 8 heteroatoms. The van der Waals surface area contributed by atoms with Crippen LogP contribution in [0.3, 0.4) is 0 Å². The number of hydrogen-bond acceptors (Lipinski definition) is 6. The number of rotatable bonds is 5. The van der Waals surface area contributed by atoms with Gasteiger partial charge in [-0.05, 0) is 32.0 Å². The van der Waals surface area contributed by atoms with Crippen molar-refractivity contribution in [2.24, 2.45) is 0 Å². The van der Waals surface area contributed by atoms with E-state index < -0.39 is 5.97 Å². The van der Waals surface area contributed by atoms with Crippen LogP contribution >= 0.6 is 11.6 Å². The van der Waals surface area contributed by atoms with E-state index in [0.717, 1.165) is 0 Å². The Hall–Kier alpha value is -2.67. The lowest BCUT2D eigenvalue weighted by Gasteiger charge is -2.10. The van der Waals surface area contributed by atoms with E-state index in [4.69, 9.17) is 11.6 Å². The van der Waals surface area contributed by atoms with Gasteiger partial charge in [-0.1, -0.05) is 11.6 Å². The SMILES string of the molecule is COC(=O)c1ccc(Cl)c(Nc2ncc(C(=O)NC(C)C)cn2)c1. The van der Waals surface area contributed by atoms with E-state index in [1.54, 1.807) is 12.1 Å². The lowest BCUT2D eigenvalue weighted by molar-refractivity contribution is 0.0600. The molecule has 0 aliphatic carbocycles. The zero-order valence-corrected chi connectivity index (χ0v) is 14.2. The fourth-order valence-electron chi connectivity index (χ4n) is 1.84. The zero-order valence-electron chi connectivity index (χ0n) is 13.5. The highest BCUT2D eigenvalue weighted by atomic mass is 35.5. The van der Waals surface area contributed by atoms with Gasteiger partial charge in [0.15, 0.2) is 0 Å². The number of methoxy groups -OCH3 is 1. The van der Waals surface area contributed by atoms with Crippen molar-refractivity contribution in [1.82, 2.24) is 15.3 Å². The highest BCUT2D eigenvalue weighted by Gasteiger charge is 2.11. The summed E-state index contributed by atoms with van der Waals surface area (Å²) in [6, 6.07) is 4.69. The number of carbonyl (C=O) groups is 2. The Labute approximate surface area is 144 Å². The molecule has 1 amide bonds. The van der Waals surface area contributed by atoms with Crippen LogP contribution in [-0.4, -0.2) is 35.0 Å². The first-order chi connectivity index (χ1) is 11.4. The summed E-state index contributed by atoms with van der Waals surface area (Å²) in [5, 5.41) is 6.05. The summed E-state index contributed by atoms with van der Waals surface area (Å²) in [5.74, 6) is -0.473. The largest absolute Gasteiger partial charge is 0.465 e. The predicted octanol–water partition coefficient (Wildman–Crippen LogP) is 2.80. The number of halogens is 1. The summed E-state index contributed by atoms with van der Waals surface area (Å²) in [5.41, 5.74) is 1.15. The number of nitrogens with zero attached hydrogens (tertiary/aromatic N) is 2. The summed E-state index contributed by atoms with van der Waals surface area (Å²) in [7, 11) is 1.30. The van der Waals surface area contributed by atoms with Gasteiger partial charge < -0.3 is 15.4 Å². The molecule has 0 unspecified atom stereocenters. The van der Waals surface area contributed by atoms with Gasteiger partial charge in [0.25, 0.3) is 5.91 Å². The number of amides is 1. The lowest BCUT2D eigenvalue weighted by atomic mass is 10.2. The summed E-state index contributed by atoms with van der Waals surface area (Å²) >= 11 is 6.10. The molecule has 0 aliphatic heterocycles. The minimum absolute atomic E-state index is 0.0233.